The van der Waals surface area contributed by atoms with Crippen molar-refractivity contribution < 1.29 is 14.3 Å². The van der Waals surface area contributed by atoms with E-state index >= 15 is 0 Å². The summed E-state index contributed by atoms with van der Waals surface area (Å²) < 4.78 is 13.6. The van der Waals surface area contributed by atoms with Gasteiger partial charge in [0.15, 0.2) is 5.76 Å². The van der Waals surface area contributed by atoms with Gasteiger partial charge < -0.3 is 18.9 Å². The summed E-state index contributed by atoms with van der Waals surface area (Å²) in [5.41, 5.74) is 3.75. The number of nitrogens with zero attached hydrogens (tertiary/aromatic N) is 3. The van der Waals surface area contributed by atoms with Crippen molar-refractivity contribution in [1.29, 1.82) is 0 Å². The maximum absolute atomic E-state index is 13.5. The molecule has 170 valence electrons. The summed E-state index contributed by atoms with van der Waals surface area (Å²) in [6.45, 7) is 3.98. The first kappa shape index (κ1) is 21.6. The number of methoxy groups -OCH3 is 1. The lowest BCUT2D eigenvalue weighted by molar-refractivity contribution is -0.144. The maximum atomic E-state index is 13.5. The predicted molar refractivity (Wildman–Crippen MR) is 127 cm³/mol. The third-order valence-corrected chi connectivity index (χ3v) is 6.73. The number of ether oxygens (including phenoxy) is 2. The number of rotatable bonds is 4. The SMILES string of the molecule is COc1cc(/C=C2\O[C@@H](C)[C@H]3CC[C@@H](c4ccc(Cl)cc4)N3C2=O)ccc1-n1cnc(C)c1. The van der Waals surface area contributed by atoms with Gasteiger partial charge in [0.25, 0.3) is 5.91 Å². The van der Waals surface area contributed by atoms with Crippen LogP contribution in [-0.2, 0) is 9.53 Å². The van der Waals surface area contributed by atoms with Gasteiger partial charge in [0.1, 0.15) is 11.9 Å². The molecule has 3 heterocycles. The van der Waals surface area contributed by atoms with Gasteiger partial charge in [-0.3, -0.25) is 4.79 Å². The number of imidazole rings is 1. The molecule has 0 spiro atoms. The Bertz CT molecular complexity index is 1220. The molecule has 2 aliphatic rings. The minimum Gasteiger partial charge on any atom is -0.495 e. The minimum absolute atomic E-state index is 0.0240. The quantitative estimate of drug-likeness (QED) is 0.490. The Morgan fingerprint density at radius 3 is 2.67 bits per heavy atom. The van der Waals surface area contributed by atoms with Crippen LogP contribution >= 0.6 is 11.6 Å². The van der Waals surface area contributed by atoms with Gasteiger partial charge in [-0.1, -0.05) is 29.8 Å². The largest absolute Gasteiger partial charge is 0.495 e. The molecule has 1 aromatic heterocycles. The van der Waals surface area contributed by atoms with Crippen LogP contribution in [-0.4, -0.2) is 39.6 Å². The third kappa shape index (κ3) is 4.00. The van der Waals surface area contributed by atoms with Crippen molar-refractivity contribution in [2.75, 3.05) is 7.11 Å². The molecule has 0 saturated carbocycles. The van der Waals surface area contributed by atoms with E-state index in [9.17, 15) is 4.79 Å². The lowest BCUT2D eigenvalue weighted by Gasteiger charge is -2.39. The number of halogens is 1. The number of morpholine rings is 1. The minimum atomic E-state index is -0.0821. The standard InChI is InChI=1S/C26H26ClN3O3/c1-16-14-29(15-28-16)23-9-4-18(12-24(23)32-3)13-25-26(31)30-21(17(2)33-25)10-11-22(30)19-5-7-20(27)8-6-19/h4-9,12-15,17,21-22H,10-11H2,1-3H3/b25-13-/t17-,21+,22-/m0/s1. The molecule has 6 nitrogen and oxygen atoms in total. The number of amides is 1. The highest BCUT2D eigenvalue weighted by Crippen LogP contribution is 2.42. The van der Waals surface area contributed by atoms with Crippen LogP contribution in [0.2, 0.25) is 5.02 Å². The molecular formula is C26H26ClN3O3. The normalized spacial score (nSPS) is 23.5. The van der Waals surface area contributed by atoms with E-state index in [0.717, 1.165) is 35.3 Å². The average Bonchev–Trinajstić information content (AvgIpc) is 3.45. The molecule has 5 rings (SSSR count). The van der Waals surface area contributed by atoms with Gasteiger partial charge in [0.05, 0.1) is 36.9 Å². The number of aromatic nitrogens is 2. The Balaban J connectivity index is 1.46. The molecule has 7 heteroatoms. The summed E-state index contributed by atoms with van der Waals surface area (Å²) in [7, 11) is 1.63. The number of aryl methyl sites for hydroxylation is 1. The van der Waals surface area contributed by atoms with Crippen LogP contribution in [0.1, 0.15) is 42.6 Å². The molecule has 33 heavy (non-hydrogen) atoms. The monoisotopic (exact) mass is 463 g/mol. The molecule has 2 fully saturated rings. The summed E-state index contributed by atoms with van der Waals surface area (Å²) in [6.07, 6.45) is 7.24. The molecule has 2 saturated heterocycles. The van der Waals surface area contributed by atoms with Crippen LogP contribution in [0.3, 0.4) is 0 Å². The van der Waals surface area contributed by atoms with Gasteiger partial charge in [0, 0.05) is 11.2 Å². The Morgan fingerprint density at radius 2 is 1.97 bits per heavy atom. The first-order valence-corrected chi connectivity index (χ1v) is 11.5. The molecule has 3 aromatic rings. The van der Waals surface area contributed by atoms with Crippen LogP contribution < -0.4 is 4.74 Å². The molecule has 2 aliphatic heterocycles. The molecule has 0 unspecified atom stereocenters. The van der Waals surface area contributed by atoms with Gasteiger partial charge in [-0.05, 0) is 68.2 Å². The van der Waals surface area contributed by atoms with Gasteiger partial charge in [0.2, 0.25) is 0 Å². The Morgan fingerprint density at radius 1 is 1.18 bits per heavy atom. The van der Waals surface area contributed by atoms with E-state index in [1.54, 1.807) is 19.5 Å². The number of carbonyl (C=O) groups excluding carboxylic acids is 1. The van der Waals surface area contributed by atoms with Gasteiger partial charge in [-0.25, -0.2) is 4.98 Å². The summed E-state index contributed by atoms with van der Waals surface area (Å²) in [5, 5.41) is 0.693. The van der Waals surface area contributed by atoms with Gasteiger partial charge in [-0.2, -0.15) is 0 Å². The van der Waals surface area contributed by atoms with E-state index in [4.69, 9.17) is 21.1 Å². The van der Waals surface area contributed by atoms with Crippen molar-refractivity contribution in [3.8, 4) is 11.4 Å². The second-order valence-corrected chi connectivity index (χ2v) is 9.05. The van der Waals surface area contributed by atoms with Gasteiger partial charge >= 0.3 is 0 Å². The van der Waals surface area contributed by atoms with Crippen LogP contribution in [0.4, 0.5) is 0 Å². The highest BCUT2D eigenvalue weighted by atomic mass is 35.5. The predicted octanol–water partition coefficient (Wildman–Crippen LogP) is 5.33. The fourth-order valence-corrected chi connectivity index (χ4v) is 4.98. The van der Waals surface area contributed by atoms with Crippen molar-refractivity contribution in [2.24, 2.45) is 0 Å². The second kappa shape index (κ2) is 8.60. The molecular weight excluding hydrogens is 438 g/mol. The van der Waals surface area contributed by atoms with E-state index in [1.165, 1.54) is 0 Å². The highest BCUT2D eigenvalue weighted by Gasteiger charge is 2.46. The molecule has 3 atom stereocenters. The summed E-state index contributed by atoms with van der Waals surface area (Å²) >= 11 is 6.07. The molecule has 1 amide bonds. The van der Waals surface area contributed by atoms with E-state index in [0.29, 0.717) is 16.5 Å². The third-order valence-electron chi connectivity index (χ3n) is 6.48. The van der Waals surface area contributed by atoms with E-state index in [-0.39, 0.29) is 24.1 Å². The van der Waals surface area contributed by atoms with Crippen LogP contribution in [0, 0.1) is 6.92 Å². The lowest BCUT2D eigenvalue weighted by atomic mass is 10.0. The molecule has 0 N–H and O–H groups in total. The first-order chi connectivity index (χ1) is 15.9. The molecule has 0 radical (unpaired) electrons. The summed E-state index contributed by atoms with van der Waals surface area (Å²) in [6, 6.07) is 13.7. The van der Waals surface area contributed by atoms with Crippen LogP contribution in [0.5, 0.6) is 5.75 Å². The topological polar surface area (TPSA) is 56.6 Å². The highest BCUT2D eigenvalue weighted by molar-refractivity contribution is 6.30. The zero-order valence-corrected chi connectivity index (χ0v) is 19.6. The molecule has 0 bridgehead atoms. The molecule has 2 aromatic carbocycles. The smallest absolute Gasteiger partial charge is 0.289 e. The maximum Gasteiger partial charge on any atom is 0.289 e. The van der Waals surface area contributed by atoms with Crippen molar-refractivity contribution in [3.63, 3.8) is 0 Å². The lowest BCUT2D eigenvalue weighted by Crippen LogP contribution is -2.49. The van der Waals surface area contributed by atoms with Crippen LogP contribution in [0.15, 0.2) is 60.7 Å². The van der Waals surface area contributed by atoms with Crippen molar-refractivity contribution in [3.05, 3.63) is 82.6 Å². The van der Waals surface area contributed by atoms with E-state index in [2.05, 4.69) is 4.98 Å². The molecule has 0 aliphatic carbocycles. The zero-order valence-electron chi connectivity index (χ0n) is 18.9. The second-order valence-electron chi connectivity index (χ2n) is 8.61. The fraction of sp³-hybridized carbons (Fsp3) is 0.308. The Kier molecular flexibility index (Phi) is 5.62. The summed E-state index contributed by atoms with van der Waals surface area (Å²) in [4.78, 5) is 19.8. The van der Waals surface area contributed by atoms with Crippen molar-refractivity contribution in [1.82, 2.24) is 14.5 Å². The van der Waals surface area contributed by atoms with Crippen molar-refractivity contribution in [2.45, 2.75) is 44.9 Å². The van der Waals surface area contributed by atoms with Crippen molar-refractivity contribution >= 4 is 23.6 Å². The Labute approximate surface area is 198 Å². The number of hydrogen-bond acceptors (Lipinski definition) is 4. The number of benzene rings is 2. The first-order valence-electron chi connectivity index (χ1n) is 11.1. The Hall–Kier alpha value is -3.25. The summed E-state index contributed by atoms with van der Waals surface area (Å²) in [5.74, 6) is 0.966. The van der Waals surface area contributed by atoms with Gasteiger partial charge in [-0.15, -0.1) is 0 Å². The van der Waals surface area contributed by atoms with Crippen LogP contribution in [0.25, 0.3) is 11.8 Å². The number of fused-ring (bicyclic) bond motifs is 1. The van der Waals surface area contributed by atoms with E-state index < -0.39 is 0 Å². The fourth-order valence-electron chi connectivity index (χ4n) is 4.86. The zero-order chi connectivity index (χ0) is 23.1. The van der Waals surface area contributed by atoms with E-state index in [1.807, 2.05) is 72.0 Å². The average molecular weight is 464 g/mol. The number of carbonyl (C=O) groups is 1. The number of hydrogen-bond donors (Lipinski definition) is 0.